The highest BCUT2D eigenvalue weighted by atomic mass is 16.7. The fourth-order valence-electron chi connectivity index (χ4n) is 2.20. The van der Waals surface area contributed by atoms with E-state index in [1.54, 1.807) is 0 Å². The van der Waals surface area contributed by atoms with Crippen molar-refractivity contribution >= 4 is 17.9 Å². The summed E-state index contributed by atoms with van der Waals surface area (Å²) in [6, 6.07) is 0. The van der Waals surface area contributed by atoms with E-state index >= 15 is 0 Å². The number of unbranched alkanes of at least 4 members (excludes halogenated alkanes) is 1. The topological polar surface area (TPSA) is 97.4 Å². The molecule has 0 saturated carbocycles. The zero-order valence-electron chi connectivity index (χ0n) is 13.9. The van der Waals surface area contributed by atoms with Crippen LogP contribution in [0.1, 0.15) is 40.5 Å². The molecule has 1 fully saturated rings. The second-order valence-corrected chi connectivity index (χ2v) is 5.22. The Balaban J connectivity index is 2.91. The number of carbonyl (C=O) groups excluding carboxylic acids is 3. The molecule has 1 aliphatic rings. The van der Waals surface area contributed by atoms with Crippen LogP contribution in [0.15, 0.2) is 0 Å². The van der Waals surface area contributed by atoms with Crippen molar-refractivity contribution in [1.29, 1.82) is 0 Å². The van der Waals surface area contributed by atoms with Gasteiger partial charge in [-0.2, -0.15) is 0 Å². The second-order valence-electron chi connectivity index (χ2n) is 5.22. The van der Waals surface area contributed by atoms with Crippen LogP contribution in [0.25, 0.3) is 0 Å². The summed E-state index contributed by atoms with van der Waals surface area (Å²) in [5, 5.41) is 0. The molecule has 0 aromatic rings. The van der Waals surface area contributed by atoms with Gasteiger partial charge in [0.2, 0.25) is 0 Å². The van der Waals surface area contributed by atoms with Crippen molar-refractivity contribution < 1.29 is 38.1 Å². The first-order valence-corrected chi connectivity index (χ1v) is 7.60. The Kier molecular flexibility index (Phi) is 7.97. The van der Waals surface area contributed by atoms with E-state index in [1.807, 2.05) is 6.92 Å². The molecule has 8 heteroatoms. The van der Waals surface area contributed by atoms with E-state index in [0.717, 1.165) is 12.8 Å². The predicted octanol–water partition coefficient (Wildman–Crippen LogP) is 0.954. The van der Waals surface area contributed by atoms with Crippen LogP contribution in [-0.4, -0.2) is 55.7 Å². The standard InChI is InChI=1S/C15H24O8/c1-5-6-7-19-15-14(23-11(4)18)13(22-10(3)17)12(8-20-15)21-9(2)16/h12-15H,5-8H2,1-4H3/t12-,13-,14+,15+/m0/s1. The first-order valence-electron chi connectivity index (χ1n) is 7.60. The summed E-state index contributed by atoms with van der Waals surface area (Å²) < 4.78 is 26.6. The van der Waals surface area contributed by atoms with E-state index in [4.69, 9.17) is 23.7 Å². The molecule has 0 spiro atoms. The maximum Gasteiger partial charge on any atom is 0.303 e. The highest BCUT2D eigenvalue weighted by Crippen LogP contribution is 2.25. The summed E-state index contributed by atoms with van der Waals surface area (Å²) in [5.41, 5.74) is 0. The third-order valence-corrected chi connectivity index (χ3v) is 3.08. The molecule has 0 radical (unpaired) electrons. The van der Waals surface area contributed by atoms with Gasteiger partial charge in [0, 0.05) is 27.4 Å². The third-order valence-electron chi connectivity index (χ3n) is 3.08. The van der Waals surface area contributed by atoms with E-state index in [1.165, 1.54) is 20.8 Å². The Morgan fingerprint density at radius 2 is 1.52 bits per heavy atom. The summed E-state index contributed by atoms with van der Waals surface area (Å²) >= 11 is 0. The minimum absolute atomic E-state index is 0.0217. The lowest BCUT2D eigenvalue weighted by Gasteiger charge is -2.40. The van der Waals surface area contributed by atoms with E-state index in [-0.39, 0.29) is 6.61 Å². The molecule has 0 aliphatic carbocycles. The Hall–Kier alpha value is -1.67. The summed E-state index contributed by atoms with van der Waals surface area (Å²) in [6.07, 6.45) is -2.02. The van der Waals surface area contributed by atoms with Gasteiger partial charge in [-0.15, -0.1) is 0 Å². The van der Waals surface area contributed by atoms with Crippen molar-refractivity contribution in [1.82, 2.24) is 0 Å². The third kappa shape index (κ3) is 6.54. The molecule has 0 N–H and O–H groups in total. The molecule has 0 aromatic heterocycles. The van der Waals surface area contributed by atoms with Crippen molar-refractivity contribution in [2.45, 2.75) is 65.1 Å². The predicted molar refractivity (Wildman–Crippen MR) is 77.3 cm³/mol. The maximum atomic E-state index is 11.4. The molecule has 1 aliphatic heterocycles. The van der Waals surface area contributed by atoms with Gasteiger partial charge in [0.25, 0.3) is 0 Å². The van der Waals surface area contributed by atoms with Crippen molar-refractivity contribution in [2.24, 2.45) is 0 Å². The van der Waals surface area contributed by atoms with Crippen molar-refractivity contribution in [3.63, 3.8) is 0 Å². The molecule has 1 heterocycles. The fraction of sp³-hybridized carbons (Fsp3) is 0.800. The molecular weight excluding hydrogens is 308 g/mol. The van der Waals surface area contributed by atoms with E-state index in [9.17, 15) is 14.4 Å². The summed E-state index contributed by atoms with van der Waals surface area (Å²) in [4.78, 5) is 33.9. The van der Waals surface area contributed by atoms with Gasteiger partial charge < -0.3 is 23.7 Å². The van der Waals surface area contributed by atoms with Crippen LogP contribution in [0.4, 0.5) is 0 Å². The van der Waals surface area contributed by atoms with Crippen LogP contribution < -0.4 is 0 Å². The molecule has 23 heavy (non-hydrogen) atoms. The van der Waals surface area contributed by atoms with Crippen LogP contribution >= 0.6 is 0 Å². The van der Waals surface area contributed by atoms with Gasteiger partial charge >= 0.3 is 17.9 Å². The zero-order valence-corrected chi connectivity index (χ0v) is 13.9. The normalized spacial score (nSPS) is 27.1. The average molecular weight is 332 g/mol. The number of rotatable bonds is 7. The lowest BCUT2D eigenvalue weighted by molar-refractivity contribution is -0.281. The number of ether oxygens (including phenoxy) is 5. The van der Waals surface area contributed by atoms with E-state index in [2.05, 4.69) is 0 Å². The molecule has 0 aromatic carbocycles. The van der Waals surface area contributed by atoms with Crippen LogP contribution in [0, 0.1) is 0 Å². The molecule has 132 valence electrons. The van der Waals surface area contributed by atoms with E-state index in [0.29, 0.717) is 6.61 Å². The van der Waals surface area contributed by atoms with Crippen LogP contribution in [-0.2, 0) is 38.1 Å². The second kappa shape index (κ2) is 9.46. The van der Waals surface area contributed by atoms with Gasteiger partial charge in [-0.3, -0.25) is 14.4 Å². The van der Waals surface area contributed by atoms with Crippen molar-refractivity contribution in [2.75, 3.05) is 13.2 Å². The number of carbonyl (C=O) groups is 3. The summed E-state index contributed by atoms with van der Waals surface area (Å²) in [7, 11) is 0. The van der Waals surface area contributed by atoms with Crippen molar-refractivity contribution in [3.8, 4) is 0 Å². The number of esters is 3. The van der Waals surface area contributed by atoms with Crippen LogP contribution in [0.3, 0.4) is 0 Å². The van der Waals surface area contributed by atoms with Crippen LogP contribution in [0.2, 0.25) is 0 Å². The summed E-state index contributed by atoms with van der Waals surface area (Å²) in [5.74, 6) is -1.72. The molecule has 0 amide bonds. The first kappa shape index (κ1) is 19.4. The minimum atomic E-state index is -1.01. The van der Waals surface area contributed by atoms with Gasteiger partial charge in [0.05, 0.1) is 6.61 Å². The Morgan fingerprint density at radius 1 is 0.957 bits per heavy atom. The quantitative estimate of drug-likeness (QED) is 0.386. The molecule has 0 bridgehead atoms. The molecule has 0 unspecified atom stereocenters. The van der Waals surface area contributed by atoms with Gasteiger partial charge in [-0.05, 0) is 6.42 Å². The van der Waals surface area contributed by atoms with Gasteiger partial charge in [0.1, 0.15) is 0 Å². The molecule has 4 atom stereocenters. The molecular formula is C15H24O8. The molecule has 8 nitrogen and oxygen atoms in total. The van der Waals surface area contributed by atoms with Gasteiger partial charge in [-0.25, -0.2) is 0 Å². The lowest BCUT2D eigenvalue weighted by Crippen LogP contribution is -2.58. The van der Waals surface area contributed by atoms with Crippen molar-refractivity contribution in [3.05, 3.63) is 0 Å². The van der Waals surface area contributed by atoms with Crippen LogP contribution in [0.5, 0.6) is 0 Å². The molecule has 1 rings (SSSR count). The van der Waals surface area contributed by atoms with Gasteiger partial charge in [-0.1, -0.05) is 13.3 Å². The Bertz CT molecular complexity index is 422. The smallest absolute Gasteiger partial charge is 0.303 e. The maximum absolute atomic E-state index is 11.4. The van der Waals surface area contributed by atoms with E-state index < -0.39 is 42.5 Å². The lowest BCUT2D eigenvalue weighted by atomic mass is 10.0. The highest BCUT2D eigenvalue weighted by molar-refractivity contribution is 5.68. The highest BCUT2D eigenvalue weighted by Gasteiger charge is 2.47. The SMILES string of the molecule is CCCCO[C@@H]1OC[C@H](OC(C)=O)[C@H](OC(C)=O)[C@H]1OC(C)=O. The number of hydrogen-bond acceptors (Lipinski definition) is 8. The summed E-state index contributed by atoms with van der Waals surface area (Å²) in [6.45, 7) is 6.07. The average Bonchev–Trinajstić information content (AvgIpc) is 2.43. The Morgan fingerprint density at radius 3 is 2.04 bits per heavy atom. The number of hydrogen-bond donors (Lipinski definition) is 0. The minimum Gasteiger partial charge on any atom is -0.456 e. The first-order chi connectivity index (χ1) is 10.8. The molecule has 1 saturated heterocycles. The monoisotopic (exact) mass is 332 g/mol. The Labute approximate surface area is 135 Å². The zero-order chi connectivity index (χ0) is 17.4. The fourth-order valence-corrected chi connectivity index (χ4v) is 2.20. The largest absolute Gasteiger partial charge is 0.456 e. The van der Waals surface area contributed by atoms with Gasteiger partial charge in [0.15, 0.2) is 24.6 Å².